The van der Waals surface area contributed by atoms with Gasteiger partial charge in [-0.1, -0.05) is 30.9 Å². The predicted molar refractivity (Wildman–Crippen MR) is 65.1 cm³/mol. The number of hydrogen-bond donors (Lipinski definition) is 1. The minimum Gasteiger partial charge on any atom is -0.321 e. The van der Waals surface area contributed by atoms with Gasteiger partial charge in [0, 0.05) is 5.54 Å². The van der Waals surface area contributed by atoms with Crippen LogP contribution in [0.2, 0.25) is 5.02 Å². The summed E-state index contributed by atoms with van der Waals surface area (Å²) in [6.45, 7) is 1.90. The fourth-order valence-corrected chi connectivity index (χ4v) is 2.80. The van der Waals surface area contributed by atoms with Crippen LogP contribution in [-0.2, 0) is 5.54 Å². The average molecular weight is 242 g/mol. The lowest BCUT2D eigenvalue weighted by Gasteiger charge is -2.35. The monoisotopic (exact) mass is 241 g/mol. The van der Waals surface area contributed by atoms with E-state index >= 15 is 0 Å². The maximum absolute atomic E-state index is 13.3. The van der Waals surface area contributed by atoms with Crippen LogP contribution >= 0.6 is 11.6 Å². The second-order valence-corrected chi connectivity index (χ2v) is 5.21. The molecule has 0 spiro atoms. The molecular weight excluding hydrogens is 225 g/mol. The van der Waals surface area contributed by atoms with Crippen molar-refractivity contribution in [3.8, 4) is 0 Å². The molecule has 0 saturated heterocycles. The van der Waals surface area contributed by atoms with E-state index in [1.54, 1.807) is 6.07 Å². The van der Waals surface area contributed by atoms with Gasteiger partial charge >= 0.3 is 0 Å². The van der Waals surface area contributed by atoms with Gasteiger partial charge in [-0.3, -0.25) is 0 Å². The van der Waals surface area contributed by atoms with Crippen LogP contribution in [0.4, 0.5) is 4.39 Å². The molecule has 88 valence electrons. The van der Waals surface area contributed by atoms with Crippen molar-refractivity contribution in [3.05, 3.63) is 34.1 Å². The molecule has 0 aliphatic heterocycles. The minimum atomic E-state index is -0.359. The third kappa shape index (κ3) is 2.09. The van der Waals surface area contributed by atoms with Crippen molar-refractivity contribution in [2.45, 2.75) is 44.6 Å². The highest BCUT2D eigenvalue weighted by molar-refractivity contribution is 6.30. The SMILES string of the molecule is Cc1cc(F)c(Cl)cc1C1(N)CCCCC1. The van der Waals surface area contributed by atoms with E-state index in [9.17, 15) is 4.39 Å². The van der Waals surface area contributed by atoms with Gasteiger partial charge in [-0.15, -0.1) is 0 Å². The van der Waals surface area contributed by atoms with Crippen molar-refractivity contribution >= 4 is 11.6 Å². The Labute approximate surface area is 101 Å². The van der Waals surface area contributed by atoms with E-state index in [2.05, 4.69) is 0 Å². The van der Waals surface area contributed by atoms with Crippen molar-refractivity contribution in [1.82, 2.24) is 0 Å². The molecule has 1 aromatic rings. The topological polar surface area (TPSA) is 26.0 Å². The van der Waals surface area contributed by atoms with Crippen LogP contribution < -0.4 is 5.73 Å². The second kappa shape index (κ2) is 4.34. The Morgan fingerprint density at radius 3 is 2.50 bits per heavy atom. The maximum atomic E-state index is 13.3. The number of nitrogens with two attached hydrogens (primary N) is 1. The van der Waals surface area contributed by atoms with Crippen LogP contribution in [-0.4, -0.2) is 0 Å². The summed E-state index contributed by atoms with van der Waals surface area (Å²) in [4.78, 5) is 0. The molecule has 0 unspecified atom stereocenters. The molecular formula is C13H17ClFN. The highest BCUT2D eigenvalue weighted by Gasteiger charge is 2.31. The van der Waals surface area contributed by atoms with Gasteiger partial charge in [0.1, 0.15) is 5.82 Å². The molecule has 3 heteroatoms. The van der Waals surface area contributed by atoms with E-state index in [1.807, 2.05) is 6.92 Å². The number of rotatable bonds is 1. The van der Waals surface area contributed by atoms with Crippen LogP contribution in [0.3, 0.4) is 0 Å². The van der Waals surface area contributed by atoms with Crippen molar-refractivity contribution in [2.75, 3.05) is 0 Å². The molecule has 1 saturated carbocycles. The summed E-state index contributed by atoms with van der Waals surface area (Å²) in [5.41, 5.74) is 8.03. The number of hydrogen-bond acceptors (Lipinski definition) is 1. The Morgan fingerprint density at radius 1 is 1.25 bits per heavy atom. The zero-order valence-electron chi connectivity index (χ0n) is 9.52. The third-order valence-electron chi connectivity index (χ3n) is 3.55. The highest BCUT2D eigenvalue weighted by Crippen LogP contribution is 2.37. The fourth-order valence-electron chi connectivity index (χ4n) is 2.63. The van der Waals surface area contributed by atoms with Gasteiger partial charge in [0.05, 0.1) is 5.02 Å². The minimum absolute atomic E-state index is 0.177. The summed E-state index contributed by atoms with van der Waals surface area (Å²) in [7, 11) is 0. The molecule has 1 nitrogen and oxygen atoms in total. The molecule has 1 aliphatic carbocycles. The van der Waals surface area contributed by atoms with E-state index in [4.69, 9.17) is 17.3 Å². The third-order valence-corrected chi connectivity index (χ3v) is 3.84. The van der Waals surface area contributed by atoms with Gasteiger partial charge in [-0.05, 0) is 43.0 Å². The first-order valence-electron chi connectivity index (χ1n) is 5.78. The van der Waals surface area contributed by atoms with E-state index in [0.717, 1.165) is 36.8 Å². The number of aryl methyl sites for hydroxylation is 1. The van der Waals surface area contributed by atoms with Crippen molar-refractivity contribution in [3.63, 3.8) is 0 Å². The van der Waals surface area contributed by atoms with Crippen LogP contribution in [0.5, 0.6) is 0 Å². The smallest absolute Gasteiger partial charge is 0.142 e. The van der Waals surface area contributed by atoms with Crippen molar-refractivity contribution in [2.24, 2.45) is 5.73 Å². The molecule has 0 amide bonds. The van der Waals surface area contributed by atoms with Gasteiger partial charge < -0.3 is 5.73 Å². The summed E-state index contributed by atoms with van der Waals surface area (Å²) in [6.07, 6.45) is 5.47. The molecule has 16 heavy (non-hydrogen) atoms. The maximum Gasteiger partial charge on any atom is 0.142 e. The largest absolute Gasteiger partial charge is 0.321 e. The Morgan fingerprint density at radius 2 is 1.88 bits per heavy atom. The van der Waals surface area contributed by atoms with Crippen molar-refractivity contribution < 1.29 is 4.39 Å². The zero-order chi connectivity index (χ0) is 11.8. The molecule has 2 rings (SSSR count). The second-order valence-electron chi connectivity index (χ2n) is 4.80. The molecule has 1 fully saturated rings. The molecule has 1 aromatic carbocycles. The molecule has 0 heterocycles. The standard InChI is InChI=1S/C13H17ClFN/c1-9-7-12(15)11(14)8-10(9)13(16)5-3-2-4-6-13/h7-8H,2-6,16H2,1H3. The zero-order valence-corrected chi connectivity index (χ0v) is 10.3. The Balaban J connectivity index is 2.42. The van der Waals surface area contributed by atoms with Gasteiger partial charge in [0.2, 0.25) is 0 Å². The number of benzene rings is 1. The van der Waals surface area contributed by atoms with Gasteiger partial charge in [-0.2, -0.15) is 0 Å². The summed E-state index contributed by atoms with van der Waals surface area (Å²) in [5, 5.41) is 0.177. The van der Waals surface area contributed by atoms with E-state index < -0.39 is 0 Å². The molecule has 0 atom stereocenters. The summed E-state index contributed by atoms with van der Waals surface area (Å²) >= 11 is 5.84. The molecule has 1 aliphatic rings. The average Bonchev–Trinajstić information content (AvgIpc) is 2.24. The van der Waals surface area contributed by atoms with Gasteiger partial charge in [0.15, 0.2) is 0 Å². The van der Waals surface area contributed by atoms with Gasteiger partial charge in [-0.25, -0.2) is 4.39 Å². The summed E-state index contributed by atoms with van der Waals surface area (Å²) in [6, 6.07) is 3.19. The highest BCUT2D eigenvalue weighted by atomic mass is 35.5. The first-order valence-corrected chi connectivity index (χ1v) is 6.16. The predicted octanol–water partition coefficient (Wildman–Crippen LogP) is 3.91. The lowest BCUT2D eigenvalue weighted by Crippen LogP contribution is -2.39. The number of halogens is 2. The normalized spacial score (nSPS) is 19.8. The quantitative estimate of drug-likeness (QED) is 0.793. The van der Waals surface area contributed by atoms with E-state index in [1.165, 1.54) is 12.5 Å². The van der Waals surface area contributed by atoms with Crippen LogP contribution in [0.1, 0.15) is 43.2 Å². The Kier molecular flexibility index (Phi) is 3.22. The molecule has 0 radical (unpaired) electrons. The fraction of sp³-hybridized carbons (Fsp3) is 0.538. The van der Waals surface area contributed by atoms with E-state index in [-0.39, 0.29) is 16.4 Å². The van der Waals surface area contributed by atoms with Crippen LogP contribution in [0.15, 0.2) is 12.1 Å². The summed E-state index contributed by atoms with van der Waals surface area (Å²) in [5.74, 6) is -0.359. The summed E-state index contributed by atoms with van der Waals surface area (Å²) < 4.78 is 13.3. The first-order chi connectivity index (χ1) is 7.53. The molecule has 2 N–H and O–H groups in total. The molecule has 0 bridgehead atoms. The van der Waals surface area contributed by atoms with Gasteiger partial charge in [0.25, 0.3) is 0 Å². The van der Waals surface area contributed by atoms with Crippen LogP contribution in [0.25, 0.3) is 0 Å². The lowest BCUT2D eigenvalue weighted by atomic mass is 9.76. The Hall–Kier alpha value is -0.600. The van der Waals surface area contributed by atoms with Crippen molar-refractivity contribution in [1.29, 1.82) is 0 Å². The Bertz CT molecular complexity index is 397. The van der Waals surface area contributed by atoms with E-state index in [0.29, 0.717) is 0 Å². The first kappa shape index (κ1) is 11.9. The van der Waals surface area contributed by atoms with Crippen LogP contribution in [0, 0.1) is 12.7 Å². The lowest BCUT2D eigenvalue weighted by molar-refractivity contribution is 0.301. The molecule has 0 aromatic heterocycles.